The van der Waals surface area contributed by atoms with Gasteiger partial charge in [-0.15, -0.1) is 0 Å². The van der Waals surface area contributed by atoms with Crippen LogP contribution in [0.2, 0.25) is 5.02 Å². The zero-order valence-corrected chi connectivity index (χ0v) is 8.77. The molecular formula is C11H16ClN. The summed E-state index contributed by atoms with van der Waals surface area (Å²) in [5.41, 5.74) is 8.15. The maximum absolute atomic E-state index is 5.91. The van der Waals surface area contributed by atoms with E-state index in [1.807, 2.05) is 18.2 Å². The number of hydrogen-bond donors (Lipinski definition) is 1. The van der Waals surface area contributed by atoms with Gasteiger partial charge in [-0.1, -0.05) is 31.0 Å². The van der Waals surface area contributed by atoms with E-state index >= 15 is 0 Å². The van der Waals surface area contributed by atoms with Gasteiger partial charge in [-0.25, -0.2) is 0 Å². The first-order valence-corrected chi connectivity index (χ1v) is 5.13. The lowest BCUT2D eigenvalue weighted by Crippen LogP contribution is -2.01. The molecule has 0 saturated carbocycles. The van der Waals surface area contributed by atoms with Crippen LogP contribution >= 0.6 is 11.6 Å². The van der Waals surface area contributed by atoms with Crippen molar-refractivity contribution in [3.8, 4) is 0 Å². The van der Waals surface area contributed by atoms with Crippen LogP contribution < -0.4 is 5.73 Å². The molecule has 1 aromatic carbocycles. The molecule has 1 nitrogen and oxygen atoms in total. The Morgan fingerprint density at radius 1 is 1.31 bits per heavy atom. The Morgan fingerprint density at radius 2 is 2.08 bits per heavy atom. The molecule has 0 spiro atoms. The summed E-state index contributed by atoms with van der Waals surface area (Å²) in [7, 11) is 0. The number of nitrogens with two attached hydrogens (primary N) is 1. The molecule has 1 rings (SSSR count). The van der Waals surface area contributed by atoms with E-state index in [4.69, 9.17) is 17.3 Å². The van der Waals surface area contributed by atoms with Gasteiger partial charge in [0, 0.05) is 11.6 Å². The highest BCUT2D eigenvalue weighted by Crippen LogP contribution is 2.17. The minimum atomic E-state index is 0.607. The number of hydrogen-bond acceptors (Lipinski definition) is 1. The highest BCUT2D eigenvalue weighted by Gasteiger charge is 2.00. The van der Waals surface area contributed by atoms with Crippen LogP contribution in [0.3, 0.4) is 0 Å². The van der Waals surface area contributed by atoms with Crippen molar-refractivity contribution in [1.29, 1.82) is 0 Å². The van der Waals surface area contributed by atoms with Crippen LogP contribution in [0.15, 0.2) is 18.2 Å². The molecule has 0 bridgehead atoms. The number of unbranched alkanes of at least 4 members (excludes halogenated alkanes) is 1. The molecule has 0 amide bonds. The molecule has 1 aromatic rings. The van der Waals surface area contributed by atoms with E-state index in [0.717, 1.165) is 11.4 Å². The molecule has 0 atom stereocenters. The fourth-order valence-corrected chi connectivity index (χ4v) is 1.59. The summed E-state index contributed by atoms with van der Waals surface area (Å²) >= 11 is 5.91. The van der Waals surface area contributed by atoms with E-state index in [1.165, 1.54) is 24.0 Å². The zero-order valence-electron chi connectivity index (χ0n) is 8.02. The predicted molar refractivity (Wildman–Crippen MR) is 58.0 cm³/mol. The quantitative estimate of drug-likeness (QED) is 0.789. The van der Waals surface area contributed by atoms with Crippen molar-refractivity contribution < 1.29 is 0 Å². The van der Waals surface area contributed by atoms with Crippen molar-refractivity contribution in [1.82, 2.24) is 0 Å². The zero-order chi connectivity index (χ0) is 9.68. The molecule has 0 heterocycles. The molecule has 0 aliphatic heterocycles. The molecule has 0 aliphatic rings. The summed E-state index contributed by atoms with van der Waals surface area (Å²) in [5, 5.41) is 0.809. The molecule has 0 aromatic heterocycles. The molecule has 0 aliphatic carbocycles. The lowest BCUT2D eigenvalue weighted by molar-refractivity contribution is 0.786. The highest BCUT2D eigenvalue weighted by atomic mass is 35.5. The molecule has 0 unspecified atom stereocenters. The lowest BCUT2D eigenvalue weighted by Gasteiger charge is -2.07. The Balaban J connectivity index is 2.81. The summed E-state index contributed by atoms with van der Waals surface area (Å²) in [6.07, 6.45) is 3.49. The van der Waals surface area contributed by atoms with Crippen molar-refractivity contribution in [2.75, 3.05) is 0 Å². The van der Waals surface area contributed by atoms with Crippen molar-refractivity contribution in [3.05, 3.63) is 34.3 Å². The Bertz CT molecular complexity index is 271. The van der Waals surface area contributed by atoms with E-state index in [-0.39, 0.29) is 0 Å². The fraction of sp³-hybridized carbons (Fsp3) is 0.455. The predicted octanol–water partition coefficient (Wildman–Crippen LogP) is 3.14. The second-order valence-electron chi connectivity index (χ2n) is 3.22. The van der Waals surface area contributed by atoms with Gasteiger partial charge in [-0.3, -0.25) is 0 Å². The van der Waals surface area contributed by atoms with Crippen molar-refractivity contribution >= 4 is 11.6 Å². The summed E-state index contributed by atoms with van der Waals surface area (Å²) in [6.45, 7) is 2.79. The van der Waals surface area contributed by atoms with Gasteiger partial charge < -0.3 is 5.73 Å². The van der Waals surface area contributed by atoms with Crippen molar-refractivity contribution in [2.45, 2.75) is 32.7 Å². The lowest BCUT2D eigenvalue weighted by atomic mass is 10.0. The van der Waals surface area contributed by atoms with Gasteiger partial charge in [0.25, 0.3) is 0 Å². The SMILES string of the molecule is CCCCc1cc(Cl)ccc1CN. The summed E-state index contributed by atoms with van der Waals surface area (Å²) in [4.78, 5) is 0. The fourth-order valence-electron chi connectivity index (χ4n) is 1.39. The number of halogens is 1. The minimum absolute atomic E-state index is 0.607. The standard InChI is InChI=1S/C11H16ClN/c1-2-3-4-9-7-11(12)6-5-10(9)8-13/h5-7H,2-4,8,13H2,1H3. The van der Waals surface area contributed by atoms with Gasteiger partial charge in [-0.2, -0.15) is 0 Å². The number of rotatable bonds is 4. The topological polar surface area (TPSA) is 26.0 Å². The van der Waals surface area contributed by atoms with Crippen LogP contribution in [0.25, 0.3) is 0 Å². The number of aryl methyl sites for hydroxylation is 1. The average Bonchev–Trinajstić information content (AvgIpc) is 2.15. The van der Waals surface area contributed by atoms with Crippen LogP contribution in [-0.4, -0.2) is 0 Å². The van der Waals surface area contributed by atoms with Gasteiger partial charge in [-0.05, 0) is 36.1 Å². The molecule has 2 N–H and O–H groups in total. The highest BCUT2D eigenvalue weighted by molar-refractivity contribution is 6.30. The number of benzene rings is 1. The van der Waals surface area contributed by atoms with E-state index in [9.17, 15) is 0 Å². The Hall–Kier alpha value is -0.530. The molecule has 0 radical (unpaired) electrons. The smallest absolute Gasteiger partial charge is 0.0408 e. The average molecular weight is 198 g/mol. The maximum atomic E-state index is 5.91. The van der Waals surface area contributed by atoms with Crippen LogP contribution in [0, 0.1) is 0 Å². The van der Waals surface area contributed by atoms with E-state index < -0.39 is 0 Å². The second kappa shape index (κ2) is 5.25. The molecular weight excluding hydrogens is 182 g/mol. The van der Waals surface area contributed by atoms with Crippen LogP contribution in [0.4, 0.5) is 0 Å². The summed E-state index contributed by atoms with van der Waals surface area (Å²) < 4.78 is 0. The molecule has 13 heavy (non-hydrogen) atoms. The first-order chi connectivity index (χ1) is 6.27. The first-order valence-electron chi connectivity index (χ1n) is 4.75. The Morgan fingerprint density at radius 3 is 2.69 bits per heavy atom. The molecule has 0 saturated heterocycles. The van der Waals surface area contributed by atoms with E-state index in [0.29, 0.717) is 6.54 Å². The van der Waals surface area contributed by atoms with Gasteiger partial charge in [0.05, 0.1) is 0 Å². The minimum Gasteiger partial charge on any atom is -0.326 e. The third kappa shape index (κ3) is 3.02. The normalized spacial score (nSPS) is 10.4. The Labute approximate surface area is 84.9 Å². The maximum Gasteiger partial charge on any atom is 0.0408 e. The molecule has 0 fully saturated rings. The third-order valence-electron chi connectivity index (χ3n) is 2.19. The van der Waals surface area contributed by atoms with Crippen molar-refractivity contribution in [2.24, 2.45) is 5.73 Å². The summed E-state index contributed by atoms with van der Waals surface area (Å²) in [6, 6.07) is 5.95. The molecule has 2 heteroatoms. The van der Waals surface area contributed by atoms with Gasteiger partial charge in [0.2, 0.25) is 0 Å². The second-order valence-corrected chi connectivity index (χ2v) is 3.66. The largest absolute Gasteiger partial charge is 0.326 e. The van der Waals surface area contributed by atoms with Crippen LogP contribution in [0.5, 0.6) is 0 Å². The Kier molecular flexibility index (Phi) is 4.26. The van der Waals surface area contributed by atoms with Gasteiger partial charge in [0.15, 0.2) is 0 Å². The monoisotopic (exact) mass is 197 g/mol. The van der Waals surface area contributed by atoms with Crippen molar-refractivity contribution in [3.63, 3.8) is 0 Å². The van der Waals surface area contributed by atoms with E-state index in [1.54, 1.807) is 0 Å². The van der Waals surface area contributed by atoms with Crippen LogP contribution in [-0.2, 0) is 13.0 Å². The van der Waals surface area contributed by atoms with Gasteiger partial charge in [0.1, 0.15) is 0 Å². The summed E-state index contributed by atoms with van der Waals surface area (Å²) in [5.74, 6) is 0. The van der Waals surface area contributed by atoms with E-state index in [2.05, 4.69) is 6.92 Å². The third-order valence-corrected chi connectivity index (χ3v) is 2.42. The first kappa shape index (κ1) is 10.6. The van der Waals surface area contributed by atoms with Gasteiger partial charge >= 0.3 is 0 Å². The van der Waals surface area contributed by atoms with Crippen LogP contribution in [0.1, 0.15) is 30.9 Å². The molecule has 72 valence electrons.